The zero-order valence-electron chi connectivity index (χ0n) is 16.6. The van der Waals surface area contributed by atoms with Gasteiger partial charge < -0.3 is 24.1 Å². The molecule has 0 radical (unpaired) electrons. The van der Waals surface area contributed by atoms with E-state index in [1.807, 2.05) is 24.3 Å². The fraction of sp³-hybridized carbons (Fsp3) is 0.476. The van der Waals surface area contributed by atoms with E-state index >= 15 is 0 Å². The van der Waals surface area contributed by atoms with Crippen molar-refractivity contribution in [2.75, 3.05) is 33.9 Å². The molecule has 0 saturated carbocycles. The molecule has 2 heterocycles. The molecule has 0 bridgehead atoms. The van der Waals surface area contributed by atoms with Crippen LogP contribution >= 0.6 is 24.0 Å². The Morgan fingerprint density at radius 1 is 1.29 bits per heavy atom. The zero-order valence-corrected chi connectivity index (χ0v) is 18.9. The minimum absolute atomic E-state index is 0. The maximum Gasteiger partial charge on any atom is 0.194 e. The standard InChI is InChI=1S/C21H29N3O3.HI/c1-24(16-17-7-9-18(25-2)10-8-17)21(23-15-20-6-4-14-27-20)22-12-11-19-5-3-13-26-19;/h3,5,7-10,13,20H,4,6,11-12,14-16H2,1-2H3,(H,22,23);1H. The first-order valence-electron chi connectivity index (χ1n) is 9.51. The lowest BCUT2D eigenvalue weighted by Gasteiger charge is -2.23. The molecule has 0 amide bonds. The summed E-state index contributed by atoms with van der Waals surface area (Å²) in [6.07, 6.45) is 4.98. The summed E-state index contributed by atoms with van der Waals surface area (Å²) in [7, 11) is 3.73. The third kappa shape index (κ3) is 7.01. The van der Waals surface area contributed by atoms with Gasteiger partial charge in [0.1, 0.15) is 11.5 Å². The number of ether oxygens (including phenoxy) is 2. The Kier molecular flexibility index (Phi) is 9.63. The molecule has 154 valence electrons. The van der Waals surface area contributed by atoms with Crippen LogP contribution in [0, 0.1) is 0 Å². The first-order chi connectivity index (χ1) is 13.2. The van der Waals surface area contributed by atoms with E-state index in [2.05, 4.69) is 29.4 Å². The number of nitrogens with zero attached hydrogens (tertiary/aromatic N) is 2. The predicted octanol–water partition coefficient (Wildman–Crippen LogP) is 3.71. The van der Waals surface area contributed by atoms with Crippen LogP contribution in [-0.4, -0.2) is 50.8 Å². The number of benzene rings is 1. The van der Waals surface area contributed by atoms with Gasteiger partial charge in [0.15, 0.2) is 5.96 Å². The third-order valence-corrected chi connectivity index (χ3v) is 4.64. The minimum atomic E-state index is 0. The number of rotatable bonds is 8. The second-order valence-corrected chi connectivity index (χ2v) is 6.76. The SMILES string of the molecule is COc1ccc(CN(C)C(=NCC2CCCO2)NCCc2ccco2)cc1.I. The predicted molar refractivity (Wildman–Crippen MR) is 122 cm³/mol. The Morgan fingerprint density at radius 2 is 2.11 bits per heavy atom. The van der Waals surface area contributed by atoms with Crippen molar-refractivity contribution in [2.45, 2.75) is 31.9 Å². The highest BCUT2D eigenvalue weighted by Crippen LogP contribution is 2.14. The second-order valence-electron chi connectivity index (χ2n) is 6.76. The van der Waals surface area contributed by atoms with E-state index in [-0.39, 0.29) is 30.1 Å². The molecule has 1 aromatic heterocycles. The van der Waals surface area contributed by atoms with Crippen molar-refractivity contribution < 1.29 is 13.9 Å². The van der Waals surface area contributed by atoms with E-state index in [9.17, 15) is 0 Å². The van der Waals surface area contributed by atoms with Crippen LogP contribution in [0.2, 0.25) is 0 Å². The van der Waals surface area contributed by atoms with E-state index in [0.717, 1.165) is 56.4 Å². The molecule has 7 heteroatoms. The molecule has 1 aromatic carbocycles. The summed E-state index contributed by atoms with van der Waals surface area (Å²) in [5.41, 5.74) is 1.20. The molecule has 28 heavy (non-hydrogen) atoms. The molecule has 3 rings (SSSR count). The van der Waals surface area contributed by atoms with Crippen LogP contribution in [0.25, 0.3) is 0 Å². The normalized spacial score (nSPS) is 16.5. The Labute approximate surface area is 184 Å². The molecule has 1 unspecified atom stereocenters. The highest BCUT2D eigenvalue weighted by Gasteiger charge is 2.16. The van der Waals surface area contributed by atoms with Crippen LogP contribution in [0.5, 0.6) is 5.75 Å². The molecule has 1 aliphatic rings. The first kappa shape index (κ1) is 22.5. The van der Waals surface area contributed by atoms with Gasteiger partial charge in [0, 0.05) is 33.2 Å². The molecule has 6 nitrogen and oxygen atoms in total. The monoisotopic (exact) mass is 499 g/mol. The Bertz CT molecular complexity index is 698. The minimum Gasteiger partial charge on any atom is -0.497 e. The van der Waals surface area contributed by atoms with E-state index in [1.165, 1.54) is 5.56 Å². The van der Waals surface area contributed by atoms with Crippen LogP contribution in [0.3, 0.4) is 0 Å². The van der Waals surface area contributed by atoms with E-state index in [4.69, 9.17) is 18.9 Å². The van der Waals surface area contributed by atoms with E-state index in [1.54, 1.807) is 13.4 Å². The average molecular weight is 499 g/mol. The molecule has 1 N–H and O–H groups in total. The maximum absolute atomic E-state index is 5.71. The Hall–Kier alpha value is -1.74. The number of hydrogen-bond donors (Lipinski definition) is 1. The Morgan fingerprint density at radius 3 is 2.75 bits per heavy atom. The van der Waals surface area contributed by atoms with Crippen molar-refractivity contribution in [3.63, 3.8) is 0 Å². The van der Waals surface area contributed by atoms with Crippen molar-refractivity contribution in [1.29, 1.82) is 0 Å². The molecule has 1 saturated heterocycles. The van der Waals surface area contributed by atoms with E-state index in [0.29, 0.717) is 6.54 Å². The lowest BCUT2D eigenvalue weighted by atomic mass is 10.2. The lowest BCUT2D eigenvalue weighted by Crippen LogP contribution is -2.40. The molecule has 0 spiro atoms. The van der Waals surface area contributed by atoms with Gasteiger partial charge in [-0.2, -0.15) is 0 Å². The van der Waals surface area contributed by atoms with Gasteiger partial charge >= 0.3 is 0 Å². The van der Waals surface area contributed by atoms with Crippen LogP contribution in [0.15, 0.2) is 52.1 Å². The van der Waals surface area contributed by atoms with Crippen LogP contribution in [0.1, 0.15) is 24.2 Å². The van der Waals surface area contributed by atoms with Gasteiger partial charge in [-0.3, -0.25) is 4.99 Å². The van der Waals surface area contributed by atoms with Gasteiger partial charge in [-0.15, -0.1) is 24.0 Å². The number of methoxy groups -OCH3 is 1. The van der Waals surface area contributed by atoms with Crippen molar-refractivity contribution >= 4 is 29.9 Å². The van der Waals surface area contributed by atoms with Gasteiger partial charge in [-0.05, 0) is 42.7 Å². The summed E-state index contributed by atoms with van der Waals surface area (Å²) in [6.45, 7) is 3.08. The van der Waals surface area contributed by atoms with E-state index < -0.39 is 0 Å². The molecule has 0 aliphatic carbocycles. The second kappa shape index (κ2) is 12.0. The lowest BCUT2D eigenvalue weighted by molar-refractivity contribution is 0.117. The molecular formula is C21H30IN3O3. The highest BCUT2D eigenvalue weighted by molar-refractivity contribution is 14.0. The van der Waals surface area contributed by atoms with Crippen molar-refractivity contribution in [2.24, 2.45) is 4.99 Å². The summed E-state index contributed by atoms with van der Waals surface area (Å²) in [5, 5.41) is 3.46. The highest BCUT2D eigenvalue weighted by atomic mass is 127. The topological polar surface area (TPSA) is 59.2 Å². The summed E-state index contributed by atoms with van der Waals surface area (Å²) >= 11 is 0. The van der Waals surface area contributed by atoms with Gasteiger partial charge in [0.25, 0.3) is 0 Å². The van der Waals surface area contributed by atoms with Gasteiger partial charge in [-0.25, -0.2) is 0 Å². The van der Waals surface area contributed by atoms with Crippen LogP contribution in [0.4, 0.5) is 0 Å². The molecular weight excluding hydrogens is 469 g/mol. The average Bonchev–Trinajstić information content (AvgIpc) is 3.39. The molecule has 2 aromatic rings. The fourth-order valence-electron chi connectivity index (χ4n) is 3.12. The number of hydrogen-bond acceptors (Lipinski definition) is 4. The number of furan rings is 1. The van der Waals surface area contributed by atoms with Gasteiger partial charge in [-0.1, -0.05) is 12.1 Å². The zero-order chi connectivity index (χ0) is 18.9. The van der Waals surface area contributed by atoms with Crippen molar-refractivity contribution in [3.8, 4) is 5.75 Å². The largest absolute Gasteiger partial charge is 0.497 e. The molecule has 1 aliphatic heterocycles. The van der Waals surface area contributed by atoms with Crippen molar-refractivity contribution in [1.82, 2.24) is 10.2 Å². The Balaban J connectivity index is 0.00000280. The fourth-order valence-corrected chi connectivity index (χ4v) is 3.12. The number of aliphatic imine (C=N–C) groups is 1. The van der Waals surface area contributed by atoms with Gasteiger partial charge in [0.05, 0.1) is 26.0 Å². The number of guanidine groups is 1. The summed E-state index contributed by atoms with van der Waals surface area (Å²) < 4.78 is 16.4. The quantitative estimate of drug-likeness (QED) is 0.341. The van der Waals surface area contributed by atoms with Crippen molar-refractivity contribution in [3.05, 3.63) is 54.0 Å². The van der Waals surface area contributed by atoms with Crippen LogP contribution < -0.4 is 10.1 Å². The third-order valence-electron chi connectivity index (χ3n) is 4.64. The van der Waals surface area contributed by atoms with Crippen LogP contribution in [-0.2, 0) is 17.7 Å². The molecule has 1 fully saturated rings. The molecule has 1 atom stereocenters. The smallest absolute Gasteiger partial charge is 0.194 e. The summed E-state index contributed by atoms with van der Waals surface area (Å²) in [4.78, 5) is 6.94. The number of halogens is 1. The summed E-state index contributed by atoms with van der Waals surface area (Å²) in [5.74, 6) is 2.72. The summed E-state index contributed by atoms with van der Waals surface area (Å²) in [6, 6.07) is 12.0. The maximum atomic E-state index is 5.71. The first-order valence-corrected chi connectivity index (χ1v) is 9.51. The number of nitrogens with one attached hydrogen (secondary N) is 1. The van der Waals surface area contributed by atoms with Gasteiger partial charge in [0.2, 0.25) is 0 Å².